The van der Waals surface area contributed by atoms with Crippen LogP contribution in [0.2, 0.25) is 0 Å². The number of unbranched alkanes of at least 4 members (excludes halogenated alkanes) is 18. The molecule has 0 aliphatic rings. The Balaban J connectivity index is 4.66. The molecule has 350 valence electrons. The summed E-state index contributed by atoms with van der Waals surface area (Å²) in [6.45, 7) is 19.5. The van der Waals surface area contributed by atoms with Crippen molar-refractivity contribution in [3.8, 4) is 0 Å². The van der Waals surface area contributed by atoms with Gasteiger partial charge in [0.2, 0.25) is 5.91 Å². The van der Waals surface area contributed by atoms with Gasteiger partial charge in [-0.25, -0.2) is 0 Å². The number of ether oxygens (including phenoxy) is 2. The van der Waals surface area contributed by atoms with Crippen LogP contribution in [0.4, 0.5) is 0 Å². The summed E-state index contributed by atoms with van der Waals surface area (Å²) in [6.07, 6.45) is 37.9. The molecule has 0 aliphatic carbocycles. The summed E-state index contributed by atoms with van der Waals surface area (Å²) in [4.78, 5) is 42.9. The SMILES string of the molecule is CCCCCCC(CCCC)COC(=O)CCCCCCCN(CCCCCCCC(=O)OCC(CCCC)CCCCCC)CCCC(=O)N(CCCC)CCCC. The number of nitrogens with zero attached hydrogens (tertiary/aromatic N) is 2. The van der Waals surface area contributed by atoms with E-state index in [1.165, 1.54) is 116 Å². The summed E-state index contributed by atoms with van der Waals surface area (Å²) in [7, 11) is 0. The number of hydrogen-bond acceptors (Lipinski definition) is 6. The van der Waals surface area contributed by atoms with Crippen LogP contribution in [-0.2, 0) is 23.9 Å². The van der Waals surface area contributed by atoms with Crippen LogP contribution in [0.15, 0.2) is 0 Å². The minimum Gasteiger partial charge on any atom is -0.465 e. The lowest BCUT2D eigenvalue weighted by atomic mass is 9.96. The van der Waals surface area contributed by atoms with Gasteiger partial charge in [0.15, 0.2) is 0 Å². The van der Waals surface area contributed by atoms with Crippen molar-refractivity contribution in [2.45, 2.75) is 260 Å². The van der Waals surface area contributed by atoms with Crippen LogP contribution in [0.5, 0.6) is 0 Å². The average molecular weight is 835 g/mol. The van der Waals surface area contributed by atoms with Crippen LogP contribution >= 0.6 is 0 Å². The molecule has 7 heteroatoms. The van der Waals surface area contributed by atoms with Crippen molar-refractivity contribution < 1.29 is 23.9 Å². The van der Waals surface area contributed by atoms with Crippen LogP contribution in [0.1, 0.15) is 260 Å². The number of carbonyl (C=O) groups is 3. The number of esters is 2. The lowest BCUT2D eigenvalue weighted by Crippen LogP contribution is -2.34. The molecule has 0 fully saturated rings. The van der Waals surface area contributed by atoms with Gasteiger partial charge in [-0.15, -0.1) is 0 Å². The predicted molar refractivity (Wildman–Crippen MR) is 253 cm³/mol. The molecule has 0 N–H and O–H groups in total. The fourth-order valence-electron chi connectivity index (χ4n) is 8.17. The quantitative estimate of drug-likeness (QED) is 0.0449. The Morgan fingerprint density at radius 3 is 1.14 bits per heavy atom. The second-order valence-corrected chi connectivity index (χ2v) is 18.1. The molecule has 0 aromatic rings. The maximum absolute atomic E-state index is 13.2. The van der Waals surface area contributed by atoms with Gasteiger partial charge in [-0.3, -0.25) is 14.4 Å². The van der Waals surface area contributed by atoms with Gasteiger partial charge in [0.25, 0.3) is 0 Å². The summed E-state index contributed by atoms with van der Waals surface area (Å²) in [5.74, 6) is 1.36. The van der Waals surface area contributed by atoms with Gasteiger partial charge >= 0.3 is 11.9 Å². The molecule has 0 spiro atoms. The van der Waals surface area contributed by atoms with Crippen molar-refractivity contribution in [2.75, 3.05) is 45.9 Å². The van der Waals surface area contributed by atoms with Crippen molar-refractivity contribution in [3.63, 3.8) is 0 Å². The molecule has 2 atom stereocenters. The van der Waals surface area contributed by atoms with Gasteiger partial charge in [-0.1, -0.05) is 170 Å². The molecule has 0 rings (SSSR count). The van der Waals surface area contributed by atoms with Gasteiger partial charge in [-0.05, 0) is 102 Å². The van der Waals surface area contributed by atoms with Crippen molar-refractivity contribution in [1.29, 1.82) is 0 Å². The maximum atomic E-state index is 13.2. The van der Waals surface area contributed by atoms with Gasteiger partial charge < -0.3 is 19.3 Å². The summed E-state index contributed by atoms with van der Waals surface area (Å²) >= 11 is 0. The second kappa shape index (κ2) is 44.4. The normalized spacial score (nSPS) is 12.5. The largest absolute Gasteiger partial charge is 0.465 e. The zero-order chi connectivity index (χ0) is 43.4. The fraction of sp³-hybridized carbons (Fsp3) is 0.942. The number of carbonyl (C=O) groups excluding carboxylic acids is 3. The highest BCUT2D eigenvalue weighted by Crippen LogP contribution is 2.20. The molecule has 0 heterocycles. The van der Waals surface area contributed by atoms with Crippen LogP contribution in [0.25, 0.3) is 0 Å². The third kappa shape index (κ3) is 37.8. The molecular weight excluding hydrogens is 733 g/mol. The average Bonchev–Trinajstić information content (AvgIpc) is 3.24. The highest BCUT2D eigenvalue weighted by atomic mass is 16.5. The zero-order valence-electron chi connectivity index (χ0n) is 40.6. The zero-order valence-corrected chi connectivity index (χ0v) is 40.6. The van der Waals surface area contributed by atoms with Gasteiger partial charge in [0.05, 0.1) is 13.2 Å². The van der Waals surface area contributed by atoms with Gasteiger partial charge in [0, 0.05) is 32.4 Å². The lowest BCUT2D eigenvalue weighted by Gasteiger charge is -2.25. The molecule has 0 radical (unpaired) electrons. The van der Waals surface area contributed by atoms with Crippen molar-refractivity contribution in [2.24, 2.45) is 11.8 Å². The minimum atomic E-state index is -0.0110. The Bertz CT molecular complexity index is 867. The third-order valence-electron chi connectivity index (χ3n) is 12.3. The second-order valence-electron chi connectivity index (χ2n) is 18.1. The molecule has 0 bridgehead atoms. The van der Waals surface area contributed by atoms with E-state index in [1.54, 1.807) is 0 Å². The summed E-state index contributed by atoms with van der Waals surface area (Å²) in [6, 6.07) is 0. The summed E-state index contributed by atoms with van der Waals surface area (Å²) in [5.41, 5.74) is 0. The Hall–Kier alpha value is -1.63. The minimum absolute atomic E-state index is 0.0110. The third-order valence-corrected chi connectivity index (χ3v) is 12.3. The van der Waals surface area contributed by atoms with Gasteiger partial charge in [0.1, 0.15) is 0 Å². The van der Waals surface area contributed by atoms with Crippen LogP contribution < -0.4 is 0 Å². The molecule has 59 heavy (non-hydrogen) atoms. The first-order chi connectivity index (χ1) is 28.8. The molecule has 1 amide bonds. The van der Waals surface area contributed by atoms with E-state index in [4.69, 9.17) is 9.47 Å². The topological polar surface area (TPSA) is 76.1 Å². The van der Waals surface area contributed by atoms with Gasteiger partial charge in [-0.2, -0.15) is 0 Å². The van der Waals surface area contributed by atoms with Crippen LogP contribution in [0.3, 0.4) is 0 Å². The Morgan fingerprint density at radius 1 is 0.356 bits per heavy atom. The monoisotopic (exact) mass is 835 g/mol. The van der Waals surface area contributed by atoms with E-state index in [-0.39, 0.29) is 11.9 Å². The van der Waals surface area contributed by atoms with Crippen molar-refractivity contribution >= 4 is 17.8 Å². The van der Waals surface area contributed by atoms with Crippen LogP contribution in [-0.4, -0.2) is 73.6 Å². The van der Waals surface area contributed by atoms with Crippen molar-refractivity contribution in [1.82, 2.24) is 9.80 Å². The van der Waals surface area contributed by atoms with Crippen LogP contribution in [0, 0.1) is 11.8 Å². The standard InChI is InChI=1S/C52H102N2O5/c1-7-13-19-27-36-48(34-15-9-3)46-58-51(56)39-29-23-21-25-31-41-53(43-33-38-50(55)54(44-17-11-5)45-18-12-6)42-32-26-22-24-30-40-52(57)59-47-49(35-16-10-4)37-28-20-14-8-2/h48-49H,7-47H2,1-6H3. The molecule has 7 nitrogen and oxygen atoms in total. The molecule has 0 saturated heterocycles. The molecule has 0 aliphatic heterocycles. The van der Waals surface area contributed by atoms with E-state index in [2.05, 4.69) is 51.3 Å². The predicted octanol–water partition coefficient (Wildman–Crippen LogP) is 14.8. The number of hydrogen-bond donors (Lipinski definition) is 0. The van der Waals surface area contributed by atoms with E-state index < -0.39 is 0 Å². The first-order valence-electron chi connectivity index (χ1n) is 26.2. The van der Waals surface area contributed by atoms with E-state index in [9.17, 15) is 14.4 Å². The summed E-state index contributed by atoms with van der Waals surface area (Å²) in [5, 5.41) is 0. The highest BCUT2D eigenvalue weighted by molar-refractivity contribution is 5.76. The molecule has 2 unspecified atom stereocenters. The number of rotatable bonds is 46. The first kappa shape index (κ1) is 57.4. The fourth-order valence-corrected chi connectivity index (χ4v) is 8.17. The Morgan fingerprint density at radius 2 is 0.712 bits per heavy atom. The smallest absolute Gasteiger partial charge is 0.305 e. The Kier molecular flexibility index (Phi) is 43.2. The van der Waals surface area contributed by atoms with E-state index in [0.29, 0.717) is 50.2 Å². The maximum Gasteiger partial charge on any atom is 0.305 e. The highest BCUT2D eigenvalue weighted by Gasteiger charge is 2.15. The van der Waals surface area contributed by atoms with E-state index in [1.807, 2.05) is 0 Å². The Labute approximate surface area is 368 Å². The first-order valence-corrected chi connectivity index (χ1v) is 26.2. The lowest BCUT2D eigenvalue weighted by molar-refractivity contribution is -0.146. The molecular formula is C52H102N2O5. The number of amides is 1. The molecule has 0 aromatic heterocycles. The molecule has 0 saturated carbocycles. The van der Waals surface area contributed by atoms with E-state index >= 15 is 0 Å². The van der Waals surface area contributed by atoms with Crippen molar-refractivity contribution in [3.05, 3.63) is 0 Å². The van der Waals surface area contributed by atoms with E-state index in [0.717, 1.165) is 116 Å². The molecule has 0 aromatic carbocycles. The summed E-state index contributed by atoms with van der Waals surface area (Å²) < 4.78 is 11.5.